The van der Waals surface area contributed by atoms with E-state index >= 15 is 0 Å². The van der Waals surface area contributed by atoms with Gasteiger partial charge in [-0.1, -0.05) is 36.9 Å². The molecule has 1 aromatic carbocycles. The zero-order valence-electron chi connectivity index (χ0n) is 14.7. The molecular formula is C20H25IN2O3. The van der Waals surface area contributed by atoms with Crippen molar-refractivity contribution in [1.82, 2.24) is 9.80 Å². The van der Waals surface area contributed by atoms with Gasteiger partial charge in [0.15, 0.2) is 0 Å². The van der Waals surface area contributed by atoms with Gasteiger partial charge in [-0.05, 0) is 23.3 Å². The Morgan fingerprint density at radius 1 is 1.19 bits per heavy atom. The molecule has 2 heterocycles. The molecule has 2 aromatic rings. The van der Waals surface area contributed by atoms with Gasteiger partial charge in [0.1, 0.15) is 12.4 Å². The Morgan fingerprint density at radius 3 is 2.65 bits per heavy atom. The van der Waals surface area contributed by atoms with Gasteiger partial charge in [0.2, 0.25) is 0 Å². The summed E-state index contributed by atoms with van der Waals surface area (Å²) in [6.45, 7) is 6.58. The first-order valence-electron chi connectivity index (χ1n) is 8.39. The van der Waals surface area contributed by atoms with Crippen LogP contribution in [0.2, 0.25) is 0 Å². The van der Waals surface area contributed by atoms with Crippen LogP contribution in [0.4, 0.5) is 0 Å². The lowest BCUT2D eigenvalue weighted by Gasteiger charge is -2.23. The molecule has 140 valence electrons. The van der Waals surface area contributed by atoms with Crippen molar-refractivity contribution in [2.24, 2.45) is 0 Å². The molecule has 1 aliphatic heterocycles. The van der Waals surface area contributed by atoms with Crippen LogP contribution in [0, 0.1) is 0 Å². The van der Waals surface area contributed by atoms with Crippen molar-refractivity contribution < 1.29 is 14.3 Å². The fourth-order valence-electron chi connectivity index (χ4n) is 2.74. The summed E-state index contributed by atoms with van der Waals surface area (Å²) in [5.41, 5.74) is 2.37. The molecule has 0 amide bonds. The van der Waals surface area contributed by atoms with Gasteiger partial charge in [-0.3, -0.25) is 0 Å². The molecule has 6 heteroatoms. The molecule has 0 spiro atoms. The summed E-state index contributed by atoms with van der Waals surface area (Å²) >= 11 is 0. The van der Waals surface area contributed by atoms with Crippen LogP contribution >= 0.6 is 24.0 Å². The normalized spacial score (nSPS) is 14.3. The number of rotatable bonds is 9. The number of aliphatic hydroxyl groups is 1. The Labute approximate surface area is 171 Å². The minimum Gasteiger partial charge on any atom is -0.467 e. The molecule has 3 rings (SSSR count). The highest BCUT2D eigenvalue weighted by molar-refractivity contribution is 14.0. The Hall–Kier alpha value is -1.77. The molecule has 0 bridgehead atoms. The standard InChI is InChI=1S/C20H24N2O3.HI/c1-2-17-5-7-18(8-6-17)12-21-9-10-22(16-21)13-19(23)14-24-15-20-4-3-11-25-20;/h2-11,19,23H,1,12-16H2;1H. The van der Waals surface area contributed by atoms with Crippen molar-refractivity contribution in [3.8, 4) is 0 Å². The van der Waals surface area contributed by atoms with E-state index in [9.17, 15) is 5.11 Å². The summed E-state index contributed by atoms with van der Waals surface area (Å²) < 4.78 is 10.7. The van der Waals surface area contributed by atoms with E-state index in [2.05, 4.69) is 46.8 Å². The highest BCUT2D eigenvalue weighted by Crippen LogP contribution is 2.14. The predicted octanol–water partition coefficient (Wildman–Crippen LogP) is 3.66. The first kappa shape index (κ1) is 20.5. The molecule has 0 radical (unpaired) electrons. The summed E-state index contributed by atoms with van der Waals surface area (Å²) in [5, 5.41) is 10.1. The topological polar surface area (TPSA) is 49.1 Å². The first-order valence-corrected chi connectivity index (χ1v) is 8.39. The number of nitrogens with zero attached hydrogens (tertiary/aromatic N) is 2. The summed E-state index contributed by atoms with van der Waals surface area (Å²) in [6, 6.07) is 12.1. The fraction of sp³-hybridized carbons (Fsp3) is 0.300. The number of ether oxygens (including phenoxy) is 1. The van der Waals surface area contributed by atoms with Crippen LogP contribution in [0.25, 0.3) is 6.08 Å². The van der Waals surface area contributed by atoms with Gasteiger partial charge in [0, 0.05) is 25.5 Å². The van der Waals surface area contributed by atoms with Gasteiger partial charge in [-0.15, -0.1) is 24.0 Å². The van der Waals surface area contributed by atoms with Crippen LogP contribution in [0.5, 0.6) is 0 Å². The lowest BCUT2D eigenvalue weighted by molar-refractivity contribution is 0.00916. The number of benzene rings is 1. The summed E-state index contributed by atoms with van der Waals surface area (Å²) in [7, 11) is 0. The molecule has 26 heavy (non-hydrogen) atoms. The zero-order chi connectivity index (χ0) is 17.5. The molecule has 5 nitrogen and oxygen atoms in total. The first-order chi connectivity index (χ1) is 12.2. The molecule has 1 N–H and O–H groups in total. The fourth-order valence-corrected chi connectivity index (χ4v) is 2.74. The number of hydrogen-bond donors (Lipinski definition) is 1. The van der Waals surface area contributed by atoms with Gasteiger partial charge < -0.3 is 24.1 Å². The Balaban J connectivity index is 0.00000243. The van der Waals surface area contributed by atoms with Crippen molar-refractivity contribution in [3.63, 3.8) is 0 Å². The van der Waals surface area contributed by atoms with E-state index in [4.69, 9.17) is 9.15 Å². The average Bonchev–Trinajstić information content (AvgIpc) is 3.28. The third kappa shape index (κ3) is 6.19. The largest absolute Gasteiger partial charge is 0.467 e. The van der Waals surface area contributed by atoms with E-state index in [1.807, 2.05) is 24.4 Å². The minimum atomic E-state index is -0.536. The van der Waals surface area contributed by atoms with E-state index in [0.29, 0.717) is 13.2 Å². The van der Waals surface area contributed by atoms with E-state index in [0.717, 1.165) is 24.5 Å². The smallest absolute Gasteiger partial charge is 0.129 e. The molecule has 0 saturated carbocycles. The van der Waals surface area contributed by atoms with E-state index in [1.54, 1.807) is 6.26 Å². The number of β-amino-alcohol motifs (C(OH)–C–C–N with tert-alkyl or cyclic N) is 1. The van der Waals surface area contributed by atoms with Crippen LogP contribution in [0.1, 0.15) is 16.9 Å². The van der Waals surface area contributed by atoms with Gasteiger partial charge in [0.05, 0.1) is 25.6 Å². The average molecular weight is 468 g/mol. The molecule has 0 aliphatic carbocycles. The van der Waals surface area contributed by atoms with Crippen LogP contribution in [0.3, 0.4) is 0 Å². The molecule has 1 atom stereocenters. The zero-order valence-corrected chi connectivity index (χ0v) is 17.0. The van der Waals surface area contributed by atoms with Gasteiger partial charge in [-0.2, -0.15) is 0 Å². The van der Waals surface area contributed by atoms with E-state index in [-0.39, 0.29) is 30.6 Å². The SMILES string of the molecule is C=Cc1ccc(CN2C=CN(CC(O)COCc3ccco3)C2)cc1.I. The van der Waals surface area contributed by atoms with Crippen molar-refractivity contribution in [2.75, 3.05) is 19.8 Å². The predicted molar refractivity (Wildman–Crippen MR) is 113 cm³/mol. The maximum absolute atomic E-state index is 10.1. The summed E-state index contributed by atoms with van der Waals surface area (Å²) in [4.78, 5) is 4.29. The minimum absolute atomic E-state index is 0. The second-order valence-corrected chi connectivity index (χ2v) is 6.15. The third-order valence-electron chi connectivity index (χ3n) is 4.03. The van der Waals surface area contributed by atoms with Crippen molar-refractivity contribution in [2.45, 2.75) is 19.3 Å². The van der Waals surface area contributed by atoms with Gasteiger partial charge in [-0.25, -0.2) is 0 Å². The maximum atomic E-state index is 10.1. The number of furan rings is 1. The second kappa shape index (κ2) is 10.4. The Morgan fingerprint density at radius 2 is 1.96 bits per heavy atom. The molecule has 1 unspecified atom stereocenters. The number of aliphatic hydroxyl groups excluding tert-OH is 1. The van der Waals surface area contributed by atoms with Gasteiger partial charge >= 0.3 is 0 Å². The Bertz CT molecular complexity index is 686. The summed E-state index contributed by atoms with van der Waals surface area (Å²) in [5.74, 6) is 0.766. The van der Waals surface area contributed by atoms with E-state index in [1.165, 1.54) is 5.56 Å². The maximum Gasteiger partial charge on any atom is 0.129 e. The van der Waals surface area contributed by atoms with Crippen LogP contribution in [-0.2, 0) is 17.9 Å². The summed E-state index contributed by atoms with van der Waals surface area (Å²) in [6.07, 6.45) is 6.98. The second-order valence-electron chi connectivity index (χ2n) is 6.15. The van der Waals surface area contributed by atoms with Crippen molar-refractivity contribution in [1.29, 1.82) is 0 Å². The molecular weight excluding hydrogens is 443 g/mol. The lowest BCUT2D eigenvalue weighted by Crippen LogP contribution is -2.33. The lowest BCUT2D eigenvalue weighted by atomic mass is 10.1. The number of hydrogen-bond acceptors (Lipinski definition) is 5. The molecule has 0 saturated heterocycles. The highest BCUT2D eigenvalue weighted by Gasteiger charge is 2.16. The third-order valence-corrected chi connectivity index (χ3v) is 4.03. The van der Waals surface area contributed by atoms with Crippen molar-refractivity contribution >= 4 is 30.1 Å². The molecule has 1 aromatic heterocycles. The molecule has 1 aliphatic rings. The van der Waals surface area contributed by atoms with Crippen LogP contribution < -0.4 is 0 Å². The van der Waals surface area contributed by atoms with E-state index < -0.39 is 6.10 Å². The highest BCUT2D eigenvalue weighted by atomic mass is 127. The van der Waals surface area contributed by atoms with Crippen LogP contribution in [-0.4, -0.2) is 40.8 Å². The van der Waals surface area contributed by atoms with Gasteiger partial charge in [0.25, 0.3) is 0 Å². The number of halogens is 1. The Kier molecular flexibility index (Phi) is 8.21. The monoisotopic (exact) mass is 468 g/mol. The quantitative estimate of drug-likeness (QED) is 0.570. The molecule has 0 fully saturated rings. The van der Waals surface area contributed by atoms with Crippen molar-refractivity contribution in [3.05, 3.63) is 78.5 Å². The van der Waals surface area contributed by atoms with Crippen LogP contribution in [0.15, 0.2) is 66.1 Å².